The number of aryl methyl sites for hydroxylation is 3. The maximum atomic E-state index is 13.5. The fourth-order valence-electron chi connectivity index (χ4n) is 5.16. The maximum absolute atomic E-state index is 13.5. The summed E-state index contributed by atoms with van der Waals surface area (Å²) in [5, 5.41) is 0. The van der Waals surface area contributed by atoms with Crippen molar-refractivity contribution in [2.45, 2.75) is 57.9 Å². The molecule has 2 aromatic carbocycles. The second-order valence-corrected chi connectivity index (χ2v) is 10.7. The highest BCUT2D eigenvalue weighted by atomic mass is 32.2. The first-order valence-electron chi connectivity index (χ1n) is 10.7. The zero-order valence-electron chi connectivity index (χ0n) is 18.2. The van der Waals surface area contributed by atoms with Gasteiger partial charge in [0.1, 0.15) is 0 Å². The van der Waals surface area contributed by atoms with Gasteiger partial charge in [-0.25, -0.2) is 8.42 Å². The monoisotopic (exact) mass is 426 g/mol. The van der Waals surface area contributed by atoms with Crippen molar-refractivity contribution in [2.24, 2.45) is 5.92 Å². The lowest BCUT2D eigenvalue weighted by atomic mass is 9.97. The normalized spacial score (nSPS) is 22.2. The predicted molar refractivity (Wildman–Crippen MR) is 119 cm³/mol. The quantitative estimate of drug-likeness (QED) is 0.746. The molecular formula is C24H30N2O3S. The van der Waals surface area contributed by atoms with E-state index in [-0.39, 0.29) is 24.4 Å². The number of amides is 1. The van der Waals surface area contributed by atoms with E-state index in [1.54, 1.807) is 0 Å². The molecule has 1 amide bonds. The van der Waals surface area contributed by atoms with Crippen molar-refractivity contribution in [1.29, 1.82) is 0 Å². The number of anilines is 1. The minimum absolute atomic E-state index is 0.0460. The topological polar surface area (TPSA) is 57.7 Å². The average molecular weight is 427 g/mol. The minimum atomic E-state index is -3.64. The molecule has 2 heterocycles. The van der Waals surface area contributed by atoms with Crippen LogP contribution >= 0.6 is 0 Å². The predicted octanol–water partition coefficient (Wildman–Crippen LogP) is 3.99. The molecule has 30 heavy (non-hydrogen) atoms. The van der Waals surface area contributed by atoms with E-state index < -0.39 is 10.0 Å². The van der Waals surface area contributed by atoms with Gasteiger partial charge in [0, 0.05) is 24.8 Å². The summed E-state index contributed by atoms with van der Waals surface area (Å²) in [5.74, 6) is -0.266. The fourth-order valence-corrected chi connectivity index (χ4v) is 7.10. The molecule has 160 valence electrons. The molecule has 2 aromatic rings. The number of hydrogen-bond acceptors (Lipinski definition) is 3. The molecule has 1 fully saturated rings. The van der Waals surface area contributed by atoms with Crippen molar-refractivity contribution in [3.63, 3.8) is 0 Å². The number of carbonyl (C=O) groups is 1. The lowest BCUT2D eigenvalue weighted by Crippen LogP contribution is -2.48. The van der Waals surface area contributed by atoms with Gasteiger partial charge in [-0.3, -0.25) is 4.79 Å². The smallest absolute Gasteiger partial charge is 0.243 e. The number of hydrogen-bond donors (Lipinski definition) is 0. The molecular weight excluding hydrogens is 396 g/mol. The van der Waals surface area contributed by atoms with E-state index in [0.717, 1.165) is 35.2 Å². The average Bonchev–Trinajstić information content (AvgIpc) is 3.02. The summed E-state index contributed by atoms with van der Waals surface area (Å²) >= 11 is 0. The van der Waals surface area contributed by atoms with Gasteiger partial charge in [-0.1, -0.05) is 35.9 Å². The number of nitrogens with zero attached hydrogens (tertiary/aromatic N) is 2. The molecule has 0 spiro atoms. The zero-order chi connectivity index (χ0) is 21.6. The van der Waals surface area contributed by atoms with E-state index in [2.05, 4.69) is 13.0 Å². The number of carbonyl (C=O) groups excluding carboxylic acids is 1. The highest BCUT2D eigenvalue weighted by Gasteiger charge is 2.39. The van der Waals surface area contributed by atoms with Crippen LogP contribution in [-0.4, -0.2) is 37.8 Å². The van der Waals surface area contributed by atoms with Crippen molar-refractivity contribution in [3.05, 3.63) is 58.7 Å². The van der Waals surface area contributed by atoms with Crippen LogP contribution in [0.2, 0.25) is 0 Å². The molecule has 5 nitrogen and oxygen atoms in total. The lowest BCUT2D eigenvalue weighted by molar-refractivity contribution is -0.123. The minimum Gasteiger partial charge on any atom is -0.309 e. The van der Waals surface area contributed by atoms with Crippen LogP contribution in [0.15, 0.2) is 41.3 Å². The van der Waals surface area contributed by atoms with Gasteiger partial charge in [0.25, 0.3) is 0 Å². The van der Waals surface area contributed by atoms with E-state index in [1.807, 2.05) is 56.0 Å². The first-order chi connectivity index (χ1) is 14.2. The van der Waals surface area contributed by atoms with Crippen LogP contribution in [-0.2, 0) is 21.2 Å². The van der Waals surface area contributed by atoms with E-state index >= 15 is 0 Å². The summed E-state index contributed by atoms with van der Waals surface area (Å²) in [4.78, 5) is 15.7. The molecule has 0 N–H and O–H groups in total. The van der Waals surface area contributed by atoms with Gasteiger partial charge < -0.3 is 4.90 Å². The number of sulfonamides is 1. The number of piperidine rings is 1. The Kier molecular flexibility index (Phi) is 5.49. The summed E-state index contributed by atoms with van der Waals surface area (Å²) < 4.78 is 28.5. The van der Waals surface area contributed by atoms with Crippen molar-refractivity contribution in [2.75, 3.05) is 18.0 Å². The number of benzene rings is 2. The first-order valence-corrected chi connectivity index (χ1v) is 12.1. The summed E-state index contributed by atoms with van der Waals surface area (Å²) in [6.45, 7) is 8.45. The molecule has 0 saturated carbocycles. The van der Waals surface area contributed by atoms with Gasteiger partial charge in [-0.15, -0.1) is 0 Å². The Hall–Kier alpha value is -2.18. The third-order valence-electron chi connectivity index (χ3n) is 6.38. The molecule has 2 aliphatic rings. The maximum Gasteiger partial charge on any atom is 0.243 e. The second kappa shape index (κ2) is 7.82. The molecule has 0 unspecified atom stereocenters. The van der Waals surface area contributed by atoms with Gasteiger partial charge >= 0.3 is 0 Å². The molecule has 0 aliphatic carbocycles. The number of para-hydroxylation sites is 1. The second-order valence-electron chi connectivity index (χ2n) is 8.82. The van der Waals surface area contributed by atoms with Crippen LogP contribution < -0.4 is 4.90 Å². The van der Waals surface area contributed by atoms with Gasteiger partial charge in [-0.05, 0) is 69.7 Å². The first kappa shape index (κ1) is 21.1. The van der Waals surface area contributed by atoms with Gasteiger partial charge in [-0.2, -0.15) is 4.31 Å². The van der Waals surface area contributed by atoms with Crippen molar-refractivity contribution >= 4 is 21.6 Å². The fraction of sp³-hybridized carbons (Fsp3) is 0.458. The van der Waals surface area contributed by atoms with Crippen LogP contribution in [0.1, 0.15) is 42.0 Å². The summed E-state index contributed by atoms with van der Waals surface area (Å²) in [5.41, 5.74) is 4.74. The van der Waals surface area contributed by atoms with Crippen molar-refractivity contribution in [1.82, 2.24) is 4.31 Å². The molecule has 2 atom stereocenters. The van der Waals surface area contributed by atoms with Gasteiger partial charge in [0.15, 0.2) is 0 Å². The van der Waals surface area contributed by atoms with E-state index in [4.69, 9.17) is 0 Å². The highest BCUT2D eigenvalue weighted by Crippen LogP contribution is 2.35. The summed E-state index contributed by atoms with van der Waals surface area (Å²) in [6, 6.07) is 11.9. The van der Waals surface area contributed by atoms with E-state index in [0.29, 0.717) is 17.9 Å². The third kappa shape index (κ3) is 3.56. The van der Waals surface area contributed by atoms with Crippen LogP contribution in [0.4, 0.5) is 5.69 Å². The molecule has 0 bridgehead atoms. The third-order valence-corrected chi connectivity index (χ3v) is 8.55. The number of rotatable bonds is 3. The Labute approximate surface area is 179 Å². The van der Waals surface area contributed by atoms with Gasteiger partial charge in [0.2, 0.25) is 15.9 Å². The molecule has 0 radical (unpaired) electrons. The standard InChI is InChI=1S/C24H30N2O3S/c1-16-12-17(2)23(18(3)13-16)30(28,29)25-11-7-9-21(15-25)24(27)26-19(4)14-20-8-5-6-10-22(20)26/h5-6,8,10,12-13,19,21H,7,9,11,14-15H2,1-4H3/t19-,21+/m0/s1. The van der Waals surface area contributed by atoms with E-state index in [9.17, 15) is 13.2 Å². The van der Waals surface area contributed by atoms with Crippen molar-refractivity contribution in [3.8, 4) is 0 Å². The highest BCUT2D eigenvalue weighted by molar-refractivity contribution is 7.89. The summed E-state index contributed by atoms with van der Waals surface area (Å²) in [7, 11) is -3.64. The van der Waals surface area contributed by atoms with E-state index in [1.165, 1.54) is 9.87 Å². The van der Waals surface area contributed by atoms with Crippen LogP contribution in [0.25, 0.3) is 0 Å². The Morgan fingerprint density at radius 2 is 1.73 bits per heavy atom. The molecule has 4 rings (SSSR count). The molecule has 2 aliphatic heterocycles. The van der Waals surface area contributed by atoms with Crippen LogP contribution in [0.3, 0.4) is 0 Å². The molecule has 6 heteroatoms. The van der Waals surface area contributed by atoms with Crippen LogP contribution in [0.5, 0.6) is 0 Å². The molecule has 1 saturated heterocycles. The Bertz CT molecular complexity index is 1070. The largest absolute Gasteiger partial charge is 0.309 e. The molecule has 0 aromatic heterocycles. The Balaban J connectivity index is 1.60. The SMILES string of the molecule is Cc1cc(C)c(S(=O)(=O)N2CCC[C@@H](C(=O)N3c4ccccc4C[C@@H]3C)C2)c(C)c1. The van der Waals surface area contributed by atoms with Crippen LogP contribution in [0, 0.1) is 26.7 Å². The summed E-state index contributed by atoms with van der Waals surface area (Å²) in [6.07, 6.45) is 2.27. The van der Waals surface area contributed by atoms with Crippen molar-refractivity contribution < 1.29 is 13.2 Å². The lowest BCUT2D eigenvalue weighted by Gasteiger charge is -2.35. The Morgan fingerprint density at radius 1 is 1.07 bits per heavy atom. The number of fused-ring (bicyclic) bond motifs is 1. The Morgan fingerprint density at radius 3 is 2.43 bits per heavy atom. The zero-order valence-corrected chi connectivity index (χ0v) is 19.0. The van der Waals surface area contributed by atoms with Gasteiger partial charge in [0.05, 0.1) is 10.8 Å².